The molecule has 6 rings (SSSR count). The van der Waals surface area contributed by atoms with E-state index in [-0.39, 0.29) is 0 Å². The number of rotatable bonds is 6. The first-order valence-electron chi connectivity index (χ1n) is 12.4. The molecule has 38 heavy (non-hydrogen) atoms. The van der Waals surface area contributed by atoms with Crippen molar-refractivity contribution >= 4 is 23.4 Å². The lowest BCUT2D eigenvalue weighted by Gasteiger charge is -2.19. The van der Waals surface area contributed by atoms with E-state index in [0.29, 0.717) is 16.3 Å². The van der Waals surface area contributed by atoms with Gasteiger partial charge in [0, 0.05) is 16.7 Å². The number of benzene rings is 3. The molecule has 0 fully saturated rings. The molecule has 0 unspecified atom stereocenters. The van der Waals surface area contributed by atoms with Crippen molar-refractivity contribution in [3.05, 3.63) is 146 Å². The van der Waals surface area contributed by atoms with Crippen LogP contribution in [0, 0.1) is 0 Å². The maximum absolute atomic E-state index is 15.4. The van der Waals surface area contributed by atoms with Crippen LogP contribution in [0.1, 0.15) is 0 Å². The zero-order chi connectivity index (χ0) is 25.8. The van der Waals surface area contributed by atoms with Crippen LogP contribution in [0.4, 0.5) is 0 Å². The van der Waals surface area contributed by atoms with Crippen molar-refractivity contribution in [1.82, 2.24) is 15.0 Å². The lowest BCUT2D eigenvalue weighted by molar-refractivity contribution is 0.591. The monoisotopic (exact) mass is 509 g/mol. The molecule has 0 saturated heterocycles. The van der Waals surface area contributed by atoms with Gasteiger partial charge in [-0.05, 0) is 36.4 Å². The van der Waals surface area contributed by atoms with Crippen LogP contribution in [0.25, 0.3) is 33.8 Å². The van der Waals surface area contributed by atoms with E-state index in [2.05, 4.69) is 0 Å². The number of hydrogen-bond donors (Lipinski definition) is 0. The van der Waals surface area contributed by atoms with E-state index in [0.717, 1.165) is 33.8 Å². The maximum atomic E-state index is 15.4. The van der Waals surface area contributed by atoms with Crippen LogP contribution >= 0.6 is 7.14 Å². The highest BCUT2D eigenvalue weighted by Gasteiger charge is 2.35. The number of hydrogen-bond acceptors (Lipinski definition) is 4. The summed E-state index contributed by atoms with van der Waals surface area (Å²) < 4.78 is 15.4. The molecule has 3 heterocycles. The van der Waals surface area contributed by atoms with Gasteiger partial charge in [0.15, 0.2) is 0 Å². The van der Waals surface area contributed by atoms with Crippen molar-refractivity contribution in [3.8, 4) is 33.8 Å². The predicted molar refractivity (Wildman–Crippen MR) is 156 cm³/mol. The van der Waals surface area contributed by atoms with Crippen molar-refractivity contribution < 1.29 is 4.57 Å². The number of nitrogens with zero attached hydrogens (tertiary/aromatic N) is 3. The molecule has 5 heteroatoms. The quantitative estimate of drug-likeness (QED) is 0.240. The lowest BCUT2D eigenvalue weighted by Crippen LogP contribution is -2.31. The predicted octanol–water partition coefficient (Wildman–Crippen LogP) is 6.51. The van der Waals surface area contributed by atoms with Crippen LogP contribution in [0.2, 0.25) is 0 Å². The van der Waals surface area contributed by atoms with Crippen molar-refractivity contribution in [2.24, 2.45) is 0 Å². The zero-order valence-corrected chi connectivity index (χ0v) is 21.4. The summed E-state index contributed by atoms with van der Waals surface area (Å²) in [6, 6.07) is 46.7. The summed E-state index contributed by atoms with van der Waals surface area (Å²) in [4.78, 5) is 14.8. The highest BCUT2D eigenvalue weighted by molar-refractivity contribution is 7.84. The van der Waals surface area contributed by atoms with E-state index >= 15 is 4.57 Å². The number of pyridine rings is 3. The van der Waals surface area contributed by atoms with Crippen molar-refractivity contribution in [2.45, 2.75) is 0 Å². The molecule has 0 bridgehead atoms. The highest BCUT2D eigenvalue weighted by atomic mass is 31.2. The molecular weight excluding hydrogens is 485 g/mol. The van der Waals surface area contributed by atoms with Crippen LogP contribution < -0.4 is 16.3 Å². The van der Waals surface area contributed by atoms with E-state index in [1.54, 1.807) is 0 Å². The van der Waals surface area contributed by atoms with Gasteiger partial charge in [-0.1, -0.05) is 109 Å². The summed E-state index contributed by atoms with van der Waals surface area (Å²) in [6.07, 6.45) is 0. The smallest absolute Gasteiger partial charge is 0.223 e. The lowest BCUT2D eigenvalue weighted by atomic mass is 10.1. The topological polar surface area (TPSA) is 55.7 Å². The van der Waals surface area contributed by atoms with Crippen LogP contribution in [0.15, 0.2) is 146 Å². The SMILES string of the molecule is O=P(c1cccc(-c2ccccc2)n1)(c1cccc(-c2ccccc2)n1)c1cccc(-c2ccccc2)n1. The van der Waals surface area contributed by atoms with E-state index in [4.69, 9.17) is 15.0 Å². The van der Waals surface area contributed by atoms with Gasteiger partial charge in [0.25, 0.3) is 0 Å². The Morgan fingerprint density at radius 3 is 0.921 bits per heavy atom. The summed E-state index contributed by atoms with van der Waals surface area (Å²) >= 11 is 0. The second-order valence-corrected chi connectivity index (χ2v) is 11.4. The van der Waals surface area contributed by atoms with Crippen LogP contribution in [-0.4, -0.2) is 15.0 Å². The molecule has 0 spiro atoms. The summed E-state index contributed by atoms with van der Waals surface area (Å²) in [7, 11) is -3.55. The van der Waals surface area contributed by atoms with Gasteiger partial charge < -0.3 is 4.57 Å². The molecule has 182 valence electrons. The Labute approximate surface area is 222 Å². The molecule has 0 aliphatic carbocycles. The molecule has 0 aliphatic heterocycles. The first-order valence-corrected chi connectivity index (χ1v) is 14.1. The molecular formula is C33H24N3OP. The molecule has 4 nitrogen and oxygen atoms in total. The largest absolute Gasteiger partial charge is 0.304 e. The van der Waals surface area contributed by atoms with E-state index in [1.165, 1.54) is 0 Å². The minimum atomic E-state index is -3.55. The normalized spacial score (nSPS) is 11.3. The zero-order valence-electron chi connectivity index (χ0n) is 20.6. The van der Waals surface area contributed by atoms with E-state index < -0.39 is 7.14 Å². The van der Waals surface area contributed by atoms with E-state index in [1.807, 2.05) is 146 Å². The van der Waals surface area contributed by atoms with Gasteiger partial charge in [0.1, 0.15) is 16.3 Å². The first-order chi connectivity index (χ1) is 18.7. The standard InChI is InChI=1S/C33H24N3OP/c37-38(31-22-10-19-28(34-31)25-13-4-1-5-14-25,32-23-11-20-29(35-32)26-15-6-2-7-16-26)33-24-12-21-30(36-33)27-17-8-3-9-18-27/h1-24H. The van der Waals surface area contributed by atoms with Gasteiger partial charge in [-0.3, -0.25) is 0 Å². The summed E-state index contributed by atoms with van der Waals surface area (Å²) in [5.41, 5.74) is 6.48. The first kappa shape index (κ1) is 23.7. The fraction of sp³-hybridized carbons (Fsp3) is 0. The number of aromatic nitrogens is 3. The third-order valence-corrected chi connectivity index (χ3v) is 9.06. The molecule has 0 radical (unpaired) electrons. The highest BCUT2D eigenvalue weighted by Crippen LogP contribution is 2.41. The molecule has 0 amide bonds. The Morgan fingerprint density at radius 1 is 0.342 bits per heavy atom. The van der Waals surface area contributed by atoms with Gasteiger partial charge in [-0.25, -0.2) is 15.0 Å². The minimum absolute atomic E-state index is 0.453. The molecule has 0 atom stereocenters. The third-order valence-electron chi connectivity index (χ3n) is 6.38. The Morgan fingerprint density at radius 2 is 0.632 bits per heavy atom. The fourth-order valence-electron chi connectivity index (χ4n) is 4.46. The van der Waals surface area contributed by atoms with Gasteiger partial charge in [-0.2, -0.15) is 0 Å². The molecule has 3 aromatic carbocycles. The molecule has 0 aliphatic rings. The maximum Gasteiger partial charge on any atom is 0.223 e. The molecule has 0 N–H and O–H groups in total. The van der Waals surface area contributed by atoms with Gasteiger partial charge >= 0.3 is 0 Å². The van der Waals surface area contributed by atoms with Crippen LogP contribution in [0.3, 0.4) is 0 Å². The molecule has 3 aromatic heterocycles. The van der Waals surface area contributed by atoms with Gasteiger partial charge in [0.05, 0.1) is 17.1 Å². The Hall–Kier alpha value is -4.66. The average molecular weight is 510 g/mol. The van der Waals surface area contributed by atoms with E-state index in [9.17, 15) is 0 Å². The average Bonchev–Trinajstić information content (AvgIpc) is 3.02. The van der Waals surface area contributed by atoms with Crippen LogP contribution in [0.5, 0.6) is 0 Å². The van der Waals surface area contributed by atoms with Crippen molar-refractivity contribution in [2.75, 3.05) is 0 Å². The van der Waals surface area contributed by atoms with Crippen molar-refractivity contribution in [1.29, 1.82) is 0 Å². The Kier molecular flexibility index (Phi) is 6.47. The fourth-order valence-corrected chi connectivity index (χ4v) is 6.79. The second-order valence-electron chi connectivity index (χ2n) is 8.85. The van der Waals surface area contributed by atoms with Gasteiger partial charge in [0.2, 0.25) is 7.14 Å². The summed E-state index contributed by atoms with van der Waals surface area (Å²) in [5, 5.41) is 0. The van der Waals surface area contributed by atoms with Crippen LogP contribution in [-0.2, 0) is 4.57 Å². The third kappa shape index (κ3) is 4.58. The van der Waals surface area contributed by atoms with Crippen molar-refractivity contribution in [3.63, 3.8) is 0 Å². The second kappa shape index (κ2) is 10.4. The Balaban J connectivity index is 1.57. The molecule has 6 aromatic rings. The summed E-state index contributed by atoms with van der Waals surface area (Å²) in [6.45, 7) is 0. The summed E-state index contributed by atoms with van der Waals surface area (Å²) in [5.74, 6) is 0. The van der Waals surface area contributed by atoms with Gasteiger partial charge in [-0.15, -0.1) is 0 Å². The minimum Gasteiger partial charge on any atom is -0.304 e. The Bertz CT molecular complexity index is 1530. The molecule has 0 saturated carbocycles.